The molecule has 0 radical (unpaired) electrons. The van der Waals surface area contributed by atoms with E-state index in [9.17, 15) is 0 Å². The molecule has 21 heavy (non-hydrogen) atoms. The SMILES string of the molecule is Cc1ccc2c(Nc3nnc(C(C)C)s3)cc(C)nc2n1. The molecular formula is C15H17N5S. The summed E-state index contributed by atoms with van der Waals surface area (Å²) in [6, 6.07) is 6.04. The van der Waals surface area contributed by atoms with Crippen LogP contribution in [0.15, 0.2) is 18.2 Å². The topological polar surface area (TPSA) is 63.6 Å². The van der Waals surface area contributed by atoms with Gasteiger partial charge in [0.25, 0.3) is 0 Å². The Kier molecular flexibility index (Phi) is 3.55. The molecule has 0 bridgehead atoms. The van der Waals surface area contributed by atoms with Crippen LogP contribution in [0.3, 0.4) is 0 Å². The van der Waals surface area contributed by atoms with Crippen LogP contribution in [0.2, 0.25) is 0 Å². The normalized spacial score (nSPS) is 11.3. The number of hydrogen-bond acceptors (Lipinski definition) is 6. The van der Waals surface area contributed by atoms with Crippen LogP contribution in [0.4, 0.5) is 10.8 Å². The fourth-order valence-corrected chi connectivity index (χ4v) is 2.82. The molecule has 0 amide bonds. The largest absolute Gasteiger partial charge is 0.329 e. The van der Waals surface area contributed by atoms with Crippen LogP contribution in [0, 0.1) is 13.8 Å². The molecule has 108 valence electrons. The highest BCUT2D eigenvalue weighted by molar-refractivity contribution is 7.15. The number of anilines is 2. The predicted octanol–water partition coefficient (Wildman–Crippen LogP) is 3.97. The van der Waals surface area contributed by atoms with Gasteiger partial charge in [-0.15, -0.1) is 10.2 Å². The Morgan fingerprint density at radius 2 is 1.81 bits per heavy atom. The Bertz CT molecular complexity index is 789. The number of pyridine rings is 2. The van der Waals surface area contributed by atoms with Gasteiger partial charge in [-0.05, 0) is 32.0 Å². The van der Waals surface area contributed by atoms with Crippen LogP contribution in [0.1, 0.15) is 36.2 Å². The van der Waals surface area contributed by atoms with Crippen molar-refractivity contribution < 1.29 is 0 Å². The Balaban J connectivity index is 2.03. The number of aromatic nitrogens is 4. The third kappa shape index (κ3) is 2.85. The highest BCUT2D eigenvalue weighted by atomic mass is 32.1. The van der Waals surface area contributed by atoms with Crippen molar-refractivity contribution in [2.45, 2.75) is 33.6 Å². The van der Waals surface area contributed by atoms with E-state index in [0.29, 0.717) is 5.92 Å². The zero-order valence-electron chi connectivity index (χ0n) is 12.5. The van der Waals surface area contributed by atoms with Crippen LogP contribution < -0.4 is 5.32 Å². The average Bonchev–Trinajstić information content (AvgIpc) is 2.86. The van der Waals surface area contributed by atoms with E-state index in [4.69, 9.17) is 0 Å². The summed E-state index contributed by atoms with van der Waals surface area (Å²) in [5.74, 6) is 0.387. The highest BCUT2D eigenvalue weighted by Gasteiger charge is 2.10. The molecule has 0 saturated heterocycles. The second-order valence-electron chi connectivity index (χ2n) is 5.36. The monoisotopic (exact) mass is 299 g/mol. The minimum atomic E-state index is 0.387. The van der Waals surface area contributed by atoms with Gasteiger partial charge in [-0.3, -0.25) is 0 Å². The van der Waals surface area contributed by atoms with E-state index in [-0.39, 0.29) is 0 Å². The third-order valence-electron chi connectivity index (χ3n) is 3.12. The van der Waals surface area contributed by atoms with Crippen LogP contribution in [0.5, 0.6) is 0 Å². The second kappa shape index (κ2) is 5.37. The molecule has 0 fully saturated rings. The minimum absolute atomic E-state index is 0.387. The van der Waals surface area contributed by atoms with Gasteiger partial charge in [0.2, 0.25) is 5.13 Å². The van der Waals surface area contributed by atoms with Crippen molar-refractivity contribution in [2.75, 3.05) is 5.32 Å². The van der Waals surface area contributed by atoms with Crippen molar-refractivity contribution in [2.24, 2.45) is 0 Å². The van der Waals surface area contributed by atoms with E-state index < -0.39 is 0 Å². The summed E-state index contributed by atoms with van der Waals surface area (Å²) in [4.78, 5) is 8.98. The molecule has 5 nitrogen and oxygen atoms in total. The number of rotatable bonds is 3. The fourth-order valence-electron chi connectivity index (χ4n) is 2.06. The summed E-state index contributed by atoms with van der Waals surface area (Å²) < 4.78 is 0. The van der Waals surface area contributed by atoms with Crippen molar-refractivity contribution in [3.05, 3.63) is 34.6 Å². The molecule has 0 saturated carbocycles. The van der Waals surface area contributed by atoms with E-state index in [1.54, 1.807) is 11.3 Å². The molecule has 6 heteroatoms. The van der Waals surface area contributed by atoms with Crippen molar-refractivity contribution in [1.29, 1.82) is 0 Å². The first-order chi connectivity index (χ1) is 10.0. The standard InChI is InChI=1S/C15H17N5S/c1-8(2)14-19-20-15(21-14)18-12-7-10(4)17-13-11(12)6-5-9(3)16-13/h5-8H,1-4H3,(H,16,17,18,20). The first-order valence-corrected chi connectivity index (χ1v) is 7.70. The summed E-state index contributed by atoms with van der Waals surface area (Å²) in [5, 5.41) is 14.6. The maximum atomic E-state index is 4.49. The fraction of sp³-hybridized carbons (Fsp3) is 0.333. The summed E-state index contributed by atoms with van der Waals surface area (Å²) in [6.07, 6.45) is 0. The zero-order chi connectivity index (χ0) is 15.0. The molecule has 0 aliphatic heterocycles. The van der Waals surface area contributed by atoms with Gasteiger partial charge in [0.15, 0.2) is 5.65 Å². The van der Waals surface area contributed by atoms with E-state index in [0.717, 1.165) is 38.2 Å². The lowest BCUT2D eigenvalue weighted by atomic mass is 10.2. The van der Waals surface area contributed by atoms with E-state index in [1.807, 2.05) is 32.0 Å². The van der Waals surface area contributed by atoms with Crippen LogP contribution in [-0.4, -0.2) is 20.2 Å². The lowest BCUT2D eigenvalue weighted by Crippen LogP contribution is -1.96. The van der Waals surface area contributed by atoms with E-state index in [1.165, 1.54) is 0 Å². The van der Waals surface area contributed by atoms with Crippen molar-refractivity contribution in [1.82, 2.24) is 20.2 Å². The van der Waals surface area contributed by atoms with Gasteiger partial charge in [0.05, 0.1) is 5.69 Å². The molecule has 0 spiro atoms. The van der Waals surface area contributed by atoms with Crippen LogP contribution >= 0.6 is 11.3 Å². The molecule has 3 heterocycles. The molecule has 3 aromatic rings. The maximum Gasteiger partial charge on any atom is 0.210 e. The molecule has 0 aromatic carbocycles. The summed E-state index contributed by atoms with van der Waals surface area (Å²) in [6.45, 7) is 8.16. The molecular weight excluding hydrogens is 282 g/mol. The average molecular weight is 299 g/mol. The van der Waals surface area contributed by atoms with E-state index >= 15 is 0 Å². The summed E-state index contributed by atoms with van der Waals surface area (Å²) in [7, 11) is 0. The molecule has 3 aromatic heterocycles. The summed E-state index contributed by atoms with van der Waals surface area (Å²) >= 11 is 1.58. The lowest BCUT2D eigenvalue weighted by Gasteiger charge is -2.08. The van der Waals surface area contributed by atoms with Gasteiger partial charge in [-0.1, -0.05) is 25.2 Å². The highest BCUT2D eigenvalue weighted by Crippen LogP contribution is 2.29. The molecule has 0 unspecified atom stereocenters. The molecule has 1 N–H and O–H groups in total. The van der Waals surface area contributed by atoms with E-state index in [2.05, 4.69) is 39.3 Å². The van der Waals surface area contributed by atoms with Crippen molar-refractivity contribution in [3.63, 3.8) is 0 Å². The van der Waals surface area contributed by atoms with Gasteiger partial charge in [0.1, 0.15) is 5.01 Å². The third-order valence-corrected chi connectivity index (χ3v) is 4.26. The van der Waals surface area contributed by atoms with Gasteiger partial charge in [-0.25, -0.2) is 9.97 Å². The minimum Gasteiger partial charge on any atom is -0.329 e. The molecule has 0 aliphatic rings. The predicted molar refractivity (Wildman–Crippen MR) is 86.3 cm³/mol. The van der Waals surface area contributed by atoms with Gasteiger partial charge >= 0.3 is 0 Å². The van der Waals surface area contributed by atoms with Crippen LogP contribution in [0.25, 0.3) is 11.0 Å². The Morgan fingerprint density at radius 3 is 2.52 bits per heavy atom. The smallest absolute Gasteiger partial charge is 0.210 e. The second-order valence-corrected chi connectivity index (χ2v) is 6.37. The molecule has 0 aliphatic carbocycles. The van der Waals surface area contributed by atoms with Gasteiger partial charge < -0.3 is 5.32 Å². The first kappa shape index (κ1) is 13.9. The number of fused-ring (bicyclic) bond motifs is 1. The Labute approximate surface area is 127 Å². The van der Waals surface area contributed by atoms with Crippen molar-refractivity contribution in [3.8, 4) is 0 Å². The summed E-state index contributed by atoms with van der Waals surface area (Å²) in [5.41, 5.74) is 3.61. The van der Waals surface area contributed by atoms with Crippen LogP contribution in [-0.2, 0) is 0 Å². The van der Waals surface area contributed by atoms with Crippen molar-refractivity contribution >= 4 is 33.2 Å². The quantitative estimate of drug-likeness (QED) is 0.793. The Morgan fingerprint density at radius 1 is 1.05 bits per heavy atom. The zero-order valence-corrected chi connectivity index (χ0v) is 13.3. The number of hydrogen-bond donors (Lipinski definition) is 1. The number of nitrogens with one attached hydrogen (secondary N) is 1. The van der Waals surface area contributed by atoms with Gasteiger partial charge in [0, 0.05) is 22.7 Å². The Hall–Kier alpha value is -2.08. The maximum absolute atomic E-state index is 4.49. The molecule has 3 rings (SSSR count). The first-order valence-electron chi connectivity index (χ1n) is 6.88. The number of nitrogens with zero attached hydrogens (tertiary/aromatic N) is 4. The molecule has 0 atom stereocenters. The lowest BCUT2D eigenvalue weighted by molar-refractivity contribution is 0.825. The number of aryl methyl sites for hydroxylation is 2. The van der Waals surface area contributed by atoms with Gasteiger partial charge in [-0.2, -0.15) is 0 Å².